The Balaban J connectivity index is 3.11. The maximum absolute atomic E-state index is 10.1. The first-order valence-corrected chi connectivity index (χ1v) is 6.37. The van der Waals surface area contributed by atoms with E-state index in [0.29, 0.717) is 46.2 Å². The Labute approximate surface area is 113 Å². The lowest BCUT2D eigenvalue weighted by molar-refractivity contribution is -0.0330. The van der Waals surface area contributed by atoms with Gasteiger partial charge in [-0.1, -0.05) is 0 Å². The zero-order valence-corrected chi connectivity index (χ0v) is 11.6. The summed E-state index contributed by atoms with van der Waals surface area (Å²) in [4.78, 5) is 10.1. The van der Waals surface area contributed by atoms with Crippen LogP contribution >= 0.6 is 0 Å². The van der Waals surface area contributed by atoms with E-state index < -0.39 is 6.16 Å². The van der Waals surface area contributed by atoms with E-state index >= 15 is 0 Å². The van der Waals surface area contributed by atoms with Crippen LogP contribution in [0.4, 0.5) is 4.79 Å². The van der Waals surface area contributed by atoms with Gasteiger partial charge in [0.25, 0.3) is 0 Å². The predicted octanol–water partition coefficient (Wildman–Crippen LogP) is 1.16. The van der Waals surface area contributed by atoms with Gasteiger partial charge in [0.1, 0.15) is 6.61 Å². The molecule has 0 radical (unpaired) electrons. The minimum absolute atomic E-state index is 0.0237. The summed E-state index contributed by atoms with van der Waals surface area (Å²) >= 11 is 0. The quantitative estimate of drug-likeness (QED) is 0.400. The Morgan fingerprint density at radius 2 is 1.53 bits per heavy atom. The van der Waals surface area contributed by atoms with Gasteiger partial charge in [-0.2, -0.15) is 0 Å². The lowest BCUT2D eigenvalue weighted by atomic mass is 10.4. The van der Waals surface area contributed by atoms with E-state index in [-0.39, 0.29) is 12.7 Å². The van der Waals surface area contributed by atoms with Crippen LogP contribution in [0.2, 0.25) is 0 Å². The molecule has 1 atom stereocenters. The van der Waals surface area contributed by atoms with Gasteiger partial charge in [0.05, 0.1) is 45.7 Å². The van der Waals surface area contributed by atoms with Crippen molar-refractivity contribution in [1.29, 1.82) is 0 Å². The molecule has 0 amide bonds. The summed E-state index contributed by atoms with van der Waals surface area (Å²) in [6, 6.07) is 0. The number of carboxylic acid groups (broad SMARTS) is 1. The van der Waals surface area contributed by atoms with Crippen LogP contribution in [-0.2, 0) is 23.7 Å². The van der Waals surface area contributed by atoms with Gasteiger partial charge in [0.2, 0.25) is 0 Å². The van der Waals surface area contributed by atoms with Gasteiger partial charge in [-0.15, -0.1) is 0 Å². The second-order valence-electron chi connectivity index (χ2n) is 3.68. The third-order valence-electron chi connectivity index (χ3n) is 2.02. The molecule has 1 unspecified atom stereocenters. The van der Waals surface area contributed by atoms with Crippen LogP contribution in [0.15, 0.2) is 0 Å². The first-order valence-electron chi connectivity index (χ1n) is 6.37. The van der Waals surface area contributed by atoms with Crippen molar-refractivity contribution in [3.8, 4) is 0 Å². The van der Waals surface area contributed by atoms with Crippen molar-refractivity contribution in [2.75, 3.05) is 52.9 Å². The monoisotopic (exact) mass is 280 g/mol. The fourth-order valence-corrected chi connectivity index (χ4v) is 1.13. The zero-order valence-electron chi connectivity index (χ0n) is 11.6. The maximum Gasteiger partial charge on any atom is 0.505 e. The third-order valence-corrected chi connectivity index (χ3v) is 2.02. The van der Waals surface area contributed by atoms with E-state index in [1.54, 1.807) is 6.92 Å². The third kappa shape index (κ3) is 15.1. The largest absolute Gasteiger partial charge is 0.505 e. The topological polar surface area (TPSA) is 83.5 Å². The summed E-state index contributed by atoms with van der Waals surface area (Å²) in [5, 5.41) is 8.28. The first-order chi connectivity index (χ1) is 9.16. The SMILES string of the molecule is CCOCCOCCOCCOC(C)COC(=O)O. The lowest BCUT2D eigenvalue weighted by Crippen LogP contribution is -2.20. The van der Waals surface area contributed by atoms with Crippen molar-refractivity contribution in [2.24, 2.45) is 0 Å². The van der Waals surface area contributed by atoms with E-state index in [4.69, 9.17) is 24.1 Å². The van der Waals surface area contributed by atoms with Crippen molar-refractivity contribution in [1.82, 2.24) is 0 Å². The fraction of sp³-hybridized carbons (Fsp3) is 0.917. The zero-order chi connectivity index (χ0) is 14.3. The number of rotatable bonds is 13. The molecule has 0 aliphatic heterocycles. The van der Waals surface area contributed by atoms with Crippen molar-refractivity contribution >= 4 is 6.16 Å². The molecule has 0 aromatic heterocycles. The molecule has 0 aromatic carbocycles. The molecule has 0 saturated carbocycles. The summed E-state index contributed by atoms with van der Waals surface area (Å²) in [6.45, 7) is 7.40. The molecule has 1 N–H and O–H groups in total. The molecular weight excluding hydrogens is 256 g/mol. The lowest BCUT2D eigenvalue weighted by Gasteiger charge is -2.12. The molecule has 19 heavy (non-hydrogen) atoms. The minimum Gasteiger partial charge on any atom is -0.450 e. The van der Waals surface area contributed by atoms with E-state index in [0.717, 1.165) is 0 Å². The smallest absolute Gasteiger partial charge is 0.450 e. The summed E-state index contributed by atoms with van der Waals surface area (Å²) in [7, 11) is 0. The standard InChI is InChI=1S/C12H24O7/c1-3-15-4-5-16-6-7-17-8-9-18-11(2)10-19-12(13)14/h11H,3-10H2,1-2H3,(H,13,14). The van der Waals surface area contributed by atoms with Crippen LogP contribution in [0.1, 0.15) is 13.8 Å². The minimum atomic E-state index is -1.30. The van der Waals surface area contributed by atoms with Crippen LogP contribution in [0.25, 0.3) is 0 Å². The average Bonchev–Trinajstić information content (AvgIpc) is 2.38. The summed E-state index contributed by atoms with van der Waals surface area (Å²) in [6.07, 6.45) is -1.57. The van der Waals surface area contributed by atoms with Crippen LogP contribution in [-0.4, -0.2) is 70.2 Å². The summed E-state index contributed by atoms with van der Waals surface area (Å²) in [5.74, 6) is 0. The second kappa shape index (κ2) is 13.5. The van der Waals surface area contributed by atoms with E-state index in [1.165, 1.54) is 0 Å². The molecule has 7 nitrogen and oxygen atoms in total. The van der Waals surface area contributed by atoms with Gasteiger partial charge in [-0.05, 0) is 13.8 Å². The van der Waals surface area contributed by atoms with Gasteiger partial charge in [0.15, 0.2) is 0 Å². The van der Waals surface area contributed by atoms with Crippen LogP contribution in [0, 0.1) is 0 Å². The predicted molar refractivity (Wildman–Crippen MR) is 67.5 cm³/mol. The van der Waals surface area contributed by atoms with Crippen molar-refractivity contribution < 1.29 is 33.6 Å². The van der Waals surface area contributed by atoms with E-state index in [2.05, 4.69) is 4.74 Å². The van der Waals surface area contributed by atoms with E-state index in [9.17, 15) is 4.79 Å². The molecule has 0 spiro atoms. The van der Waals surface area contributed by atoms with Crippen molar-refractivity contribution in [2.45, 2.75) is 20.0 Å². The Hall–Kier alpha value is -0.890. The highest BCUT2D eigenvalue weighted by molar-refractivity contribution is 5.56. The van der Waals surface area contributed by atoms with Gasteiger partial charge in [-0.25, -0.2) is 4.79 Å². The molecule has 0 aromatic rings. The van der Waals surface area contributed by atoms with Crippen molar-refractivity contribution in [3.05, 3.63) is 0 Å². The van der Waals surface area contributed by atoms with E-state index in [1.807, 2.05) is 6.92 Å². The number of hydrogen-bond donors (Lipinski definition) is 1. The highest BCUT2D eigenvalue weighted by atomic mass is 16.7. The summed E-state index contributed by atoms with van der Waals surface area (Å²) < 4.78 is 25.3. The normalized spacial score (nSPS) is 12.3. The highest BCUT2D eigenvalue weighted by Crippen LogP contribution is 1.92. The molecule has 7 heteroatoms. The van der Waals surface area contributed by atoms with Gasteiger partial charge >= 0.3 is 6.16 Å². The summed E-state index contributed by atoms with van der Waals surface area (Å²) in [5.41, 5.74) is 0. The Kier molecular flexibility index (Phi) is 12.9. The van der Waals surface area contributed by atoms with Gasteiger partial charge < -0.3 is 28.8 Å². The van der Waals surface area contributed by atoms with Crippen LogP contribution in [0.3, 0.4) is 0 Å². The molecule has 0 bridgehead atoms. The molecule has 0 heterocycles. The van der Waals surface area contributed by atoms with Crippen LogP contribution in [0.5, 0.6) is 0 Å². The fourth-order valence-electron chi connectivity index (χ4n) is 1.13. The average molecular weight is 280 g/mol. The second-order valence-corrected chi connectivity index (χ2v) is 3.68. The number of carbonyl (C=O) groups is 1. The highest BCUT2D eigenvalue weighted by Gasteiger charge is 2.05. The molecule has 0 fully saturated rings. The molecule has 0 aliphatic rings. The molecule has 0 aliphatic carbocycles. The molecule has 114 valence electrons. The molecule has 0 rings (SSSR count). The Morgan fingerprint density at radius 1 is 1.00 bits per heavy atom. The number of hydrogen-bond acceptors (Lipinski definition) is 6. The van der Waals surface area contributed by atoms with Crippen LogP contribution < -0.4 is 0 Å². The number of ether oxygens (including phenoxy) is 5. The Morgan fingerprint density at radius 3 is 2.05 bits per heavy atom. The van der Waals surface area contributed by atoms with Crippen molar-refractivity contribution in [3.63, 3.8) is 0 Å². The maximum atomic E-state index is 10.1. The Bertz CT molecular complexity index is 210. The molecule has 0 saturated heterocycles. The first kappa shape index (κ1) is 18.1. The van der Waals surface area contributed by atoms with Gasteiger partial charge in [-0.3, -0.25) is 0 Å². The molecular formula is C12H24O7. The van der Waals surface area contributed by atoms with Gasteiger partial charge in [0, 0.05) is 6.61 Å².